The number of hydrogen-bond donors (Lipinski definition) is 2. The lowest BCUT2D eigenvalue weighted by atomic mass is 10.0. The molecule has 0 saturated heterocycles. The summed E-state index contributed by atoms with van der Waals surface area (Å²) in [5, 5.41) is 18.0. The Labute approximate surface area is 259 Å². The van der Waals surface area contributed by atoms with Crippen LogP contribution in [0.3, 0.4) is 0 Å². The van der Waals surface area contributed by atoms with E-state index in [0.29, 0.717) is 13.0 Å². The molecule has 0 heterocycles. The van der Waals surface area contributed by atoms with Gasteiger partial charge in [-0.25, -0.2) is 4.79 Å². The van der Waals surface area contributed by atoms with Crippen LogP contribution < -0.4 is 0 Å². The van der Waals surface area contributed by atoms with Gasteiger partial charge in [-0.2, -0.15) is 0 Å². The molecule has 7 heteroatoms. The highest BCUT2D eigenvalue weighted by Gasteiger charge is 2.14. The maximum atomic E-state index is 12.6. The molecule has 2 N–H and O–H groups in total. The fraction of sp³-hybridized carbons (Fsp3) is 0.943. The van der Waals surface area contributed by atoms with E-state index in [1.54, 1.807) is 0 Å². The number of hydrogen-bond acceptors (Lipinski definition) is 6. The van der Waals surface area contributed by atoms with E-state index in [-0.39, 0.29) is 31.2 Å². The molecule has 0 spiro atoms. The zero-order valence-electron chi connectivity index (χ0n) is 27.9. The third-order valence-corrected chi connectivity index (χ3v) is 8.24. The lowest BCUT2D eigenvalue weighted by molar-refractivity contribution is -0.150. The molecule has 0 saturated carbocycles. The number of carbonyl (C=O) groups excluding carboxylic acids is 1. The second-order valence-electron chi connectivity index (χ2n) is 12.5. The maximum Gasteiger partial charge on any atom is 0.505 e. The lowest BCUT2D eigenvalue weighted by Crippen LogP contribution is -2.29. The van der Waals surface area contributed by atoms with Gasteiger partial charge in [-0.05, 0) is 70.4 Å². The van der Waals surface area contributed by atoms with Crippen LogP contribution in [0.2, 0.25) is 0 Å². The summed E-state index contributed by atoms with van der Waals surface area (Å²) in [6.07, 6.45) is 25.1. The molecule has 0 aromatic rings. The average molecular weight is 600 g/mol. The SMILES string of the molecule is CCCCCCCCC(CCCCCCCC)OC(=O)CCCCCCCN(CCO)CCCCC(C)COC(=O)O. The molecule has 1 unspecified atom stereocenters. The summed E-state index contributed by atoms with van der Waals surface area (Å²) < 4.78 is 10.6. The van der Waals surface area contributed by atoms with Gasteiger partial charge in [0.2, 0.25) is 0 Å². The van der Waals surface area contributed by atoms with Crippen LogP contribution in [0.5, 0.6) is 0 Å². The third kappa shape index (κ3) is 28.8. The molecular formula is C35H69NO6. The largest absolute Gasteiger partial charge is 0.505 e. The quantitative estimate of drug-likeness (QED) is 0.0587. The van der Waals surface area contributed by atoms with Gasteiger partial charge in [0.15, 0.2) is 0 Å². The highest BCUT2D eigenvalue weighted by molar-refractivity contribution is 5.69. The Morgan fingerprint density at radius 2 is 1.12 bits per heavy atom. The molecule has 42 heavy (non-hydrogen) atoms. The van der Waals surface area contributed by atoms with Crippen molar-refractivity contribution in [1.82, 2.24) is 4.90 Å². The lowest BCUT2D eigenvalue weighted by Gasteiger charge is -2.21. The Bertz CT molecular complexity index is 586. The molecule has 0 rings (SSSR count). The summed E-state index contributed by atoms with van der Waals surface area (Å²) in [5.41, 5.74) is 0. The van der Waals surface area contributed by atoms with Crippen molar-refractivity contribution < 1.29 is 29.3 Å². The van der Waals surface area contributed by atoms with E-state index in [1.807, 2.05) is 6.92 Å². The summed E-state index contributed by atoms with van der Waals surface area (Å²) >= 11 is 0. The minimum absolute atomic E-state index is 0.00470. The highest BCUT2D eigenvalue weighted by atomic mass is 16.7. The minimum Gasteiger partial charge on any atom is -0.462 e. The van der Waals surface area contributed by atoms with Crippen LogP contribution in [0, 0.1) is 5.92 Å². The summed E-state index contributed by atoms with van der Waals surface area (Å²) in [4.78, 5) is 25.4. The van der Waals surface area contributed by atoms with Gasteiger partial charge in [0.1, 0.15) is 6.10 Å². The van der Waals surface area contributed by atoms with Crippen molar-refractivity contribution in [3.63, 3.8) is 0 Å². The monoisotopic (exact) mass is 600 g/mol. The fourth-order valence-corrected chi connectivity index (χ4v) is 5.55. The van der Waals surface area contributed by atoms with Crippen molar-refractivity contribution in [3.05, 3.63) is 0 Å². The number of rotatable bonds is 32. The predicted octanol–water partition coefficient (Wildman–Crippen LogP) is 9.54. The van der Waals surface area contributed by atoms with Crippen LogP contribution in [0.1, 0.15) is 168 Å². The first-order valence-corrected chi connectivity index (χ1v) is 17.8. The Morgan fingerprint density at radius 3 is 1.67 bits per heavy atom. The number of unbranched alkanes of at least 4 members (excludes halogenated alkanes) is 15. The number of esters is 1. The van der Waals surface area contributed by atoms with Crippen LogP contribution >= 0.6 is 0 Å². The van der Waals surface area contributed by atoms with E-state index < -0.39 is 6.16 Å². The molecule has 0 aliphatic rings. The van der Waals surface area contributed by atoms with Crippen molar-refractivity contribution in [3.8, 4) is 0 Å². The summed E-state index contributed by atoms with van der Waals surface area (Å²) in [7, 11) is 0. The first-order valence-electron chi connectivity index (χ1n) is 17.8. The third-order valence-electron chi connectivity index (χ3n) is 8.24. The van der Waals surface area contributed by atoms with Crippen LogP contribution in [0.15, 0.2) is 0 Å². The Morgan fingerprint density at radius 1 is 0.643 bits per heavy atom. The van der Waals surface area contributed by atoms with E-state index in [4.69, 9.17) is 9.84 Å². The minimum atomic E-state index is -1.21. The number of nitrogens with zero attached hydrogens (tertiary/aromatic N) is 1. The van der Waals surface area contributed by atoms with E-state index in [1.165, 1.54) is 77.0 Å². The number of aliphatic hydroxyl groups excluding tert-OH is 1. The number of carboxylic acid groups (broad SMARTS) is 1. The molecule has 7 nitrogen and oxygen atoms in total. The molecule has 0 fully saturated rings. The van der Waals surface area contributed by atoms with Crippen LogP contribution in [-0.4, -0.2) is 66.2 Å². The number of carbonyl (C=O) groups is 2. The van der Waals surface area contributed by atoms with Gasteiger partial charge < -0.3 is 24.6 Å². The van der Waals surface area contributed by atoms with E-state index in [0.717, 1.165) is 77.3 Å². The van der Waals surface area contributed by atoms with Gasteiger partial charge >= 0.3 is 12.1 Å². The van der Waals surface area contributed by atoms with Crippen molar-refractivity contribution in [2.75, 3.05) is 32.8 Å². The summed E-state index contributed by atoms with van der Waals surface area (Å²) in [6, 6.07) is 0. The Balaban J connectivity index is 4.09. The maximum absolute atomic E-state index is 12.6. The zero-order valence-corrected chi connectivity index (χ0v) is 27.9. The zero-order chi connectivity index (χ0) is 31.1. The molecule has 0 bridgehead atoms. The fourth-order valence-electron chi connectivity index (χ4n) is 5.55. The molecule has 0 aliphatic heterocycles. The topological polar surface area (TPSA) is 96.3 Å². The Hall–Kier alpha value is -1.34. The molecule has 0 aromatic heterocycles. The standard InChI is InChI=1S/C35H69NO6/c1-4-6-8-10-13-17-24-33(25-18-14-11-9-7-5-2)42-34(38)26-19-15-12-16-21-27-36(29-30-37)28-22-20-23-32(3)31-41-35(39)40/h32-33,37H,4-31H2,1-3H3,(H,39,40). The van der Waals surface area contributed by atoms with Gasteiger partial charge in [-0.1, -0.05) is 111 Å². The van der Waals surface area contributed by atoms with Crippen molar-refractivity contribution in [2.45, 2.75) is 175 Å². The van der Waals surface area contributed by atoms with Gasteiger partial charge in [0, 0.05) is 13.0 Å². The molecule has 0 aliphatic carbocycles. The molecule has 0 amide bonds. The molecule has 0 aromatic carbocycles. The molecule has 250 valence electrons. The second-order valence-corrected chi connectivity index (χ2v) is 12.5. The van der Waals surface area contributed by atoms with E-state index in [2.05, 4.69) is 23.5 Å². The van der Waals surface area contributed by atoms with Gasteiger partial charge in [0.05, 0.1) is 13.2 Å². The first-order chi connectivity index (χ1) is 20.4. The van der Waals surface area contributed by atoms with Crippen LogP contribution in [0.4, 0.5) is 4.79 Å². The van der Waals surface area contributed by atoms with Gasteiger partial charge in [0.25, 0.3) is 0 Å². The average Bonchev–Trinajstić information content (AvgIpc) is 2.96. The van der Waals surface area contributed by atoms with Crippen LogP contribution in [0.25, 0.3) is 0 Å². The van der Waals surface area contributed by atoms with Crippen molar-refractivity contribution in [1.29, 1.82) is 0 Å². The highest BCUT2D eigenvalue weighted by Crippen LogP contribution is 2.18. The van der Waals surface area contributed by atoms with E-state index in [9.17, 15) is 14.7 Å². The van der Waals surface area contributed by atoms with Gasteiger partial charge in [-0.15, -0.1) is 0 Å². The second kappa shape index (κ2) is 31.1. The molecular weight excluding hydrogens is 530 g/mol. The van der Waals surface area contributed by atoms with E-state index >= 15 is 0 Å². The van der Waals surface area contributed by atoms with Crippen LogP contribution in [-0.2, 0) is 14.3 Å². The summed E-state index contributed by atoms with van der Waals surface area (Å²) in [6.45, 7) is 9.58. The van der Waals surface area contributed by atoms with Crippen molar-refractivity contribution >= 4 is 12.1 Å². The Kier molecular flexibility index (Phi) is 30.1. The number of ether oxygens (including phenoxy) is 2. The molecule has 0 radical (unpaired) electrons. The van der Waals surface area contributed by atoms with Gasteiger partial charge in [-0.3, -0.25) is 4.79 Å². The smallest absolute Gasteiger partial charge is 0.462 e. The normalized spacial score (nSPS) is 12.2. The summed E-state index contributed by atoms with van der Waals surface area (Å²) in [5.74, 6) is 0.228. The predicted molar refractivity (Wildman–Crippen MR) is 174 cm³/mol. The first kappa shape index (κ1) is 40.7. The number of aliphatic hydroxyl groups is 1. The van der Waals surface area contributed by atoms with Crippen molar-refractivity contribution in [2.24, 2.45) is 5.92 Å². The molecule has 1 atom stereocenters.